The number of ether oxygens (including phenoxy) is 1. The first-order valence-corrected chi connectivity index (χ1v) is 8.83. The maximum Gasteiger partial charge on any atom is 0.305 e. The van der Waals surface area contributed by atoms with E-state index in [1.165, 1.54) is 9.75 Å². The lowest BCUT2D eigenvalue weighted by Gasteiger charge is -2.26. The van der Waals surface area contributed by atoms with E-state index in [2.05, 4.69) is 37.8 Å². The van der Waals surface area contributed by atoms with Gasteiger partial charge in [-0.15, -0.1) is 11.3 Å². The molecule has 4 nitrogen and oxygen atoms in total. The fraction of sp³-hybridized carbons (Fsp3) is 0.706. The zero-order valence-electron chi connectivity index (χ0n) is 14.2. The molecule has 1 aromatic rings. The van der Waals surface area contributed by atoms with Gasteiger partial charge in [-0.05, 0) is 31.4 Å². The first kappa shape index (κ1) is 19.1. The van der Waals surface area contributed by atoms with Crippen molar-refractivity contribution in [2.45, 2.75) is 53.2 Å². The van der Waals surface area contributed by atoms with Gasteiger partial charge in [0.15, 0.2) is 0 Å². The molecule has 5 heteroatoms. The number of hydrogen-bond acceptors (Lipinski definition) is 5. The Bertz CT molecular complexity index is 445. The largest absolute Gasteiger partial charge is 0.463 e. The lowest BCUT2D eigenvalue weighted by molar-refractivity contribution is -0.147. The predicted octanol–water partition coefficient (Wildman–Crippen LogP) is 3.22. The number of aliphatic hydroxyl groups excluding tert-OH is 1. The van der Waals surface area contributed by atoms with Crippen LogP contribution >= 0.6 is 11.3 Å². The van der Waals surface area contributed by atoms with E-state index in [1.54, 1.807) is 11.3 Å². The van der Waals surface area contributed by atoms with Gasteiger partial charge in [0.1, 0.15) is 12.7 Å². The molecule has 0 aromatic carbocycles. The monoisotopic (exact) mass is 327 g/mol. The Morgan fingerprint density at radius 2 is 2.09 bits per heavy atom. The van der Waals surface area contributed by atoms with Gasteiger partial charge in [0.25, 0.3) is 0 Å². The summed E-state index contributed by atoms with van der Waals surface area (Å²) >= 11 is 1.79. The van der Waals surface area contributed by atoms with E-state index in [-0.39, 0.29) is 12.6 Å². The quantitative estimate of drug-likeness (QED) is 0.670. The zero-order valence-corrected chi connectivity index (χ0v) is 15.0. The Morgan fingerprint density at radius 1 is 1.36 bits per heavy atom. The fourth-order valence-electron chi connectivity index (χ4n) is 2.33. The van der Waals surface area contributed by atoms with Gasteiger partial charge in [0.2, 0.25) is 0 Å². The Hall–Kier alpha value is -0.910. The van der Waals surface area contributed by atoms with Crippen LogP contribution in [-0.2, 0) is 16.1 Å². The average Bonchev–Trinajstić information content (AvgIpc) is 2.81. The molecule has 0 aliphatic heterocycles. The number of esters is 1. The van der Waals surface area contributed by atoms with Crippen LogP contribution in [0.3, 0.4) is 0 Å². The van der Waals surface area contributed by atoms with Crippen LogP contribution in [0.5, 0.6) is 0 Å². The molecule has 22 heavy (non-hydrogen) atoms. The Morgan fingerprint density at radius 3 is 2.64 bits per heavy atom. The smallest absolute Gasteiger partial charge is 0.305 e. The summed E-state index contributed by atoms with van der Waals surface area (Å²) in [6.07, 6.45) is 0.545. The number of hydrogen-bond donors (Lipinski definition) is 1. The van der Waals surface area contributed by atoms with Crippen LogP contribution in [0.4, 0.5) is 0 Å². The van der Waals surface area contributed by atoms with Crippen molar-refractivity contribution < 1.29 is 14.6 Å². The molecule has 0 aliphatic rings. The van der Waals surface area contributed by atoms with Crippen LogP contribution in [-0.4, -0.2) is 41.8 Å². The predicted molar refractivity (Wildman–Crippen MR) is 91.0 cm³/mol. The van der Waals surface area contributed by atoms with Gasteiger partial charge in [0, 0.05) is 35.8 Å². The summed E-state index contributed by atoms with van der Waals surface area (Å²) < 4.78 is 5.09. The van der Waals surface area contributed by atoms with Gasteiger partial charge >= 0.3 is 5.97 Å². The minimum absolute atomic E-state index is 0.0803. The van der Waals surface area contributed by atoms with Crippen LogP contribution in [0, 0.1) is 12.8 Å². The van der Waals surface area contributed by atoms with Gasteiger partial charge < -0.3 is 9.84 Å². The van der Waals surface area contributed by atoms with Crippen molar-refractivity contribution in [3.8, 4) is 0 Å². The van der Waals surface area contributed by atoms with Gasteiger partial charge in [-0.2, -0.15) is 0 Å². The second-order valence-electron chi connectivity index (χ2n) is 6.19. The molecule has 0 bridgehead atoms. The molecular formula is C17H29NO3S. The van der Waals surface area contributed by atoms with Crippen molar-refractivity contribution >= 4 is 17.3 Å². The van der Waals surface area contributed by atoms with Crippen LogP contribution in [0.2, 0.25) is 0 Å². The highest BCUT2D eigenvalue weighted by molar-refractivity contribution is 7.11. The summed E-state index contributed by atoms with van der Waals surface area (Å²) in [5.41, 5.74) is 0. The molecule has 126 valence electrons. The summed E-state index contributed by atoms with van der Waals surface area (Å²) in [6.45, 7) is 10.7. The number of nitrogens with zero attached hydrogens (tertiary/aromatic N) is 1. The van der Waals surface area contributed by atoms with E-state index < -0.39 is 6.10 Å². The highest BCUT2D eigenvalue weighted by Gasteiger charge is 2.16. The summed E-state index contributed by atoms with van der Waals surface area (Å²) in [4.78, 5) is 16.2. The molecule has 1 aromatic heterocycles. The minimum Gasteiger partial charge on any atom is -0.463 e. The van der Waals surface area contributed by atoms with Crippen molar-refractivity contribution in [3.63, 3.8) is 0 Å². The molecule has 0 spiro atoms. The normalized spacial score (nSPS) is 12.9. The van der Waals surface area contributed by atoms with Crippen molar-refractivity contribution in [2.75, 3.05) is 19.7 Å². The van der Waals surface area contributed by atoms with E-state index in [9.17, 15) is 9.90 Å². The Balaban J connectivity index is 2.47. The third-order valence-corrected chi connectivity index (χ3v) is 4.14. The van der Waals surface area contributed by atoms with E-state index in [4.69, 9.17) is 4.74 Å². The minimum atomic E-state index is -0.638. The second-order valence-corrected chi connectivity index (χ2v) is 7.56. The highest BCUT2D eigenvalue weighted by Crippen LogP contribution is 2.18. The number of rotatable bonds is 10. The molecule has 0 amide bonds. The second kappa shape index (κ2) is 9.98. The molecule has 0 saturated carbocycles. The number of carbonyl (C=O) groups is 1. The summed E-state index contributed by atoms with van der Waals surface area (Å²) in [6, 6.07) is 4.26. The summed E-state index contributed by atoms with van der Waals surface area (Å²) in [5, 5.41) is 10.1. The van der Waals surface area contributed by atoms with E-state index >= 15 is 0 Å². The summed E-state index contributed by atoms with van der Waals surface area (Å²) in [5.74, 6) is 0.293. The Kier molecular flexibility index (Phi) is 8.68. The van der Waals surface area contributed by atoms with Crippen LogP contribution < -0.4 is 0 Å². The van der Waals surface area contributed by atoms with Gasteiger partial charge in [-0.3, -0.25) is 9.69 Å². The van der Waals surface area contributed by atoms with E-state index in [1.807, 2.05) is 6.92 Å². The molecule has 0 fully saturated rings. The van der Waals surface area contributed by atoms with E-state index in [0.29, 0.717) is 18.9 Å². The highest BCUT2D eigenvalue weighted by atomic mass is 32.1. The third kappa shape index (κ3) is 7.92. The molecule has 0 unspecified atom stereocenters. The topological polar surface area (TPSA) is 49.8 Å². The van der Waals surface area contributed by atoms with Crippen LogP contribution in [0.25, 0.3) is 0 Å². The maximum atomic E-state index is 11.4. The first-order chi connectivity index (χ1) is 10.4. The zero-order chi connectivity index (χ0) is 16.5. The van der Waals surface area contributed by atoms with Gasteiger partial charge in [-0.1, -0.05) is 20.8 Å². The standard InChI is InChI=1S/C17H29NO3S/c1-5-6-17(20)21-12-15(19)10-18(9-13(2)3)11-16-8-7-14(4)22-16/h7-8,13,15,19H,5-6,9-12H2,1-4H3/t15-/m1/s1. The summed E-state index contributed by atoms with van der Waals surface area (Å²) in [7, 11) is 0. The lowest BCUT2D eigenvalue weighted by atomic mass is 10.2. The number of carbonyl (C=O) groups excluding carboxylic acids is 1. The number of thiophene rings is 1. The van der Waals surface area contributed by atoms with E-state index in [0.717, 1.165) is 19.5 Å². The van der Waals surface area contributed by atoms with Crippen molar-refractivity contribution in [2.24, 2.45) is 5.92 Å². The van der Waals surface area contributed by atoms with Crippen molar-refractivity contribution in [3.05, 3.63) is 21.9 Å². The average molecular weight is 327 g/mol. The third-order valence-electron chi connectivity index (χ3n) is 3.16. The number of aryl methyl sites for hydroxylation is 1. The fourth-order valence-corrected chi connectivity index (χ4v) is 3.26. The molecule has 1 atom stereocenters. The first-order valence-electron chi connectivity index (χ1n) is 8.02. The molecule has 0 radical (unpaired) electrons. The molecule has 1 heterocycles. The molecule has 1 rings (SSSR count). The molecule has 0 aliphatic carbocycles. The number of aliphatic hydroxyl groups is 1. The van der Waals surface area contributed by atoms with Crippen LogP contribution in [0.1, 0.15) is 43.4 Å². The Labute approximate surface area is 138 Å². The van der Waals surface area contributed by atoms with Crippen molar-refractivity contribution in [1.82, 2.24) is 4.90 Å². The molecular weight excluding hydrogens is 298 g/mol. The maximum absolute atomic E-state index is 11.4. The van der Waals surface area contributed by atoms with Gasteiger partial charge in [-0.25, -0.2) is 0 Å². The molecule has 1 N–H and O–H groups in total. The van der Waals surface area contributed by atoms with Gasteiger partial charge in [0.05, 0.1) is 0 Å². The SMILES string of the molecule is CCCC(=O)OC[C@H](O)CN(Cc1ccc(C)s1)CC(C)C. The van der Waals surface area contributed by atoms with Crippen molar-refractivity contribution in [1.29, 1.82) is 0 Å². The molecule has 0 saturated heterocycles. The lowest BCUT2D eigenvalue weighted by Crippen LogP contribution is -2.37. The van der Waals surface area contributed by atoms with Crippen LogP contribution in [0.15, 0.2) is 12.1 Å².